The van der Waals surface area contributed by atoms with Gasteiger partial charge in [-0.3, -0.25) is 9.59 Å². The number of carbonyl (C=O) groups is 2. The maximum absolute atomic E-state index is 11.7. The van der Waals surface area contributed by atoms with Crippen LogP contribution >= 0.6 is 11.6 Å². The van der Waals surface area contributed by atoms with Crippen LogP contribution in [0.4, 0.5) is 5.69 Å². The number of rotatable bonds is 6. The van der Waals surface area contributed by atoms with Crippen molar-refractivity contribution in [1.29, 1.82) is 0 Å². The molecule has 2 amide bonds. The van der Waals surface area contributed by atoms with Crippen molar-refractivity contribution >= 4 is 29.1 Å². The monoisotopic (exact) mass is 297 g/mol. The number of halogens is 1. The summed E-state index contributed by atoms with van der Waals surface area (Å²) in [6.07, 6.45) is 0. The van der Waals surface area contributed by atoms with Crippen LogP contribution in [-0.4, -0.2) is 32.0 Å². The zero-order valence-electron chi connectivity index (χ0n) is 11.9. The van der Waals surface area contributed by atoms with Gasteiger partial charge in [0.2, 0.25) is 11.8 Å². The number of hydrogen-bond donors (Lipinski definition) is 3. The Labute approximate surface area is 124 Å². The molecule has 0 bridgehead atoms. The maximum Gasteiger partial charge on any atom is 0.238 e. The summed E-state index contributed by atoms with van der Waals surface area (Å²) in [5.74, 6) is -0.233. The molecule has 5 nitrogen and oxygen atoms in total. The molecule has 6 heteroatoms. The third-order valence-corrected chi connectivity index (χ3v) is 3.07. The Kier molecular flexibility index (Phi) is 5.98. The molecular formula is C14H20ClN3O2. The highest BCUT2D eigenvalue weighted by Crippen LogP contribution is 2.14. The lowest BCUT2D eigenvalue weighted by Gasteiger charge is -2.22. The van der Waals surface area contributed by atoms with E-state index in [0.717, 1.165) is 0 Å². The minimum atomic E-state index is -0.560. The van der Waals surface area contributed by atoms with Crippen LogP contribution in [0.1, 0.15) is 13.8 Å². The largest absolute Gasteiger partial charge is 0.359 e. The number of nitrogens with one attached hydrogen (secondary N) is 3. The van der Waals surface area contributed by atoms with E-state index in [1.165, 1.54) is 0 Å². The van der Waals surface area contributed by atoms with Gasteiger partial charge in [0.1, 0.15) is 0 Å². The van der Waals surface area contributed by atoms with Gasteiger partial charge in [-0.05, 0) is 38.1 Å². The summed E-state index contributed by atoms with van der Waals surface area (Å²) in [7, 11) is 1.59. The molecule has 0 radical (unpaired) electrons. The lowest BCUT2D eigenvalue weighted by atomic mass is 9.92. The normalized spacial score (nSPS) is 11.0. The van der Waals surface area contributed by atoms with Gasteiger partial charge in [-0.15, -0.1) is 0 Å². The van der Waals surface area contributed by atoms with Gasteiger partial charge in [0, 0.05) is 24.3 Å². The van der Waals surface area contributed by atoms with Gasteiger partial charge in [0.25, 0.3) is 0 Å². The molecule has 0 aliphatic rings. The van der Waals surface area contributed by atoms with Gasteiger partial charge in [0.05, 0.1) is 12.0 Å². The minimum absolute atomic E-state index is 0.0666. The molecule has 1 aromatic carbocycles. The highest BCUT2D eigenvalue weighted by molar-refractivity contribution is 6.30. The van der Waals surface area contributed by atoms with E-state index < -0.39 is 5.41 Å². The summed E-state index contributed by atoms with van der Waals surface area (Å²) in [5, 5.41) is 8.93. The first-order chi connectivity index (χ1) is 9.35. The van der Waals surface area contributed by atoms with E-state index in [-0.39, 0.29) is 18.4 Å². The van der Waals surface area contributed by atoms with Crippen LogP contribution in [0.3, 0.4) is 0 Å². The van der Waals surface area contributed by atoms with Crippen molar-refractivity contribution in [2.24, 2.45) is 5.41 Å². The van der Waals surface area contributed by atoms with E-state index in [0.29, 0.717) is 17.3 Å². The molecule has 1 aromatic rings. The van der Waals surface area contributed by atoms with Crippen LogP contribution < -0.4 is 16.0 Å². The number of amides is 2. The maximum atomic E-state index is 11.7. The SMILES string of the molecule is CNC(=O)C(C)(C)CNCC(=O)Nc1ccc(Cl)cc1. The van der Waals surface area contributed by atoms with Crippen LogP contribution in [0, 0.1) is 5.41 Å². The summed E-state index contributed by atoms with van der Waals surface area (Å²) >= 11 is 5.76. The van der Waals surface area contributed by atoms with Crippen molar-refractivity contribution in [2.45, 2.75) is 13.8 Å². The fourth-order valence-electron chi connectivity index (χ4n) is 1.65. The zero-order chi connectivity index (χ0) is 15.2. The summed E-state index contributed by atoms with van der Waals surface area (Å²) in [4.78, 5) is 23.3. The Morgan fingerprint density at radius 2 is 1.80 bits per heavy atom. The van der Waals surface area contributed by atoms with Crippen molar-refractivity contribution in [1.82, 2.24) is 10.6 Å². The Morgan fingerprint density at radius 1 is 1.20 bits per heavy atom. The van der Waals surface area contributed by atoms with Crippen LogP contribution in [0.2, 0.25) is 5.02 Å². The Bertz CT molecular complexity index is 472. The first kappa shape index (κ1) is 16.5. The fourth-order valence-corrected chi connectivity index (χ4v) is 1.77. The van der Waals surface area contributed by atoms with Gasteiger partial charge in [0.15, 0.2) is 0 Å². The van der Waals surface area contributed by atoms with Gasteiger partial charge in [-0.2, -0.15) is 0 Å². The molecule has 110 valence electrons. The van der Waals surface area contributed by atoms with Gasteiger partial charge < -0.3 is 16.0 Å². The lowest BCUT2D eigenvalue weighted by molar-refractivity contribution is -0.128. The molecule has 0 fully saturated rings. The predicted molar refractivity (Wildman–Crippen MR) is 80.8 cm³/mol. The first-order valence-corrected chi connectivity index (χ1v) is 6.71. The number of benzene rings is 1. The average molecular weight is 298 g/mol. The average Bonchev–Trinajstić information content (AvgIpc) is 2.40. The zero-order valence-corrected chi connectivity index (χ0v) is 12.7. The van der Waals surface area contributed by atoms with Crippen LogP contribution in [0.25, 0.3) is 0 Å². The Balaban J connectivity index is 2.37. The smallest absolute Gasteiger partial charge is 0.238 e. The molecule has 0 saturated carbocycles. The highest BCUT2D eigenvalue weighted by Gasteiger charge is 2.26. The summed E-state index contributed by atoms with van der Waals surface area (Å²) in [6.45, 7) is 4.19. The van der Waals surface area contributed by atoms with Gasteiger partial charge in [-0.1, -0.05) is 11.6 Å². The van der Waals surface area contributed by atoms with Crippen LogP contribution in [-0.2, 0) is 9.59 Å². The van der Waals surface area contributed by atoms with Gasteiger partial charge >= 0.3 is 0 Å². The van der Waals surface area contributed by atoms with E-state index in [4.69, 9.17) is 11.6 Å². The van der Waals surface area contributed by atoms with Crippen LogP contribution in [0.15, 0.2) is 24.3 Å². The second kappa shape index (κ2) is 7.26. The third-order valence-electron chi connectivity index (χ3n) is 2.82. The Morgan fingerprint density at radius 3 is 2.35 bits per heavy atom. The number of carbonyl (C=O) groups excluding carboxylic acids is 2. The van der Waals surface area contributed by atoms with Gasteiger partial charge in [-0.25, -0.2) is 0 Å². The molecule has 0 spiro atoms. The minimum Gasteiger partial charge on any atom is -0.359 e. The second-order valence-electron chi connectivity index (χ2n) is 5.12. The summed E-state index contributed by atoms with van der Waals surface area (Å²) in [5.41, 5.74) is 0.127. The number of hydrogen-bond acceptors (Lipinski definition) is 3. The van der Waals surface area contributed by atoms with E-state index in [1.54, 1.807) is 31.3 Å². The Hall–Kier alpha value is -1.59. The molecule has 0 aromatic heterocycles. The molecule has 0 aliphatic carbocycles. The van der Waals surface area contributed by atoms with Crippen molar-refractivity contribution in [3.63, 3.8) is 0 Å². The van der Waals surface area contributed by atoms with Crippen molar-refractivity contribution in [3.05, 3.63) is 29.3 Å². The van der Waals surface area contributed by atoms with Crippen molar-refractivity contribution in [2.75, 3.05) is 25.5 Å². The van der Waals surface area contributed by atoms with E-state index in [1.807, 2.05) is 13.8 Å². The molecule has 0 heterocycles. The molecule has 0 unspecified atom stereocenters. The standard InChI is InChI=1S/C14H20ClN3O2/c1-14(2,13(20)16-3)9-17-8-12(19)18-11-6-4-10(15)5-7-11/h4-7,17H,8-9H2,1-3H3,(H,16,20)(H,18,19). The van der Waals surface area contributed by atoms with Crippen molar-refractivity contribution < 1.29 is 9.59 Å². The molecular weight excluding hydrogens is 278 g/mol. The lowest BCUT2D eigenvalue weighted by Crippen LogP contribution is -2.43. The molecule has 3 N–H and O–H groups in total. The summed E-state index contributed by atoms with van der Waals surface area (Å²) in [6, 6.07) is 6.88. The summed E-state index contributed by atoms with van der Waals surface area (Å²) < 4.78 is 0. The van der Waals surface area contributed by atoms with Crippen molar-refractivity contribution in [3.8, 4) is 0 Å². The predicted octanol–water partition coefficient (Wildman–Crippen LogP) is 1.64. The highest BCUT2D eigenvalue weighted by atomic mass is 35.5. The van der Waals surface area contributed by atoms with Crippen LogP contribution in [0.5, 0.6) is 0 Å². The van der Waals surface area contributed by atoms with E-state index >= 15 is 0 Å². The molecule has 1 rings (SSSR count). The molecule has 20 heavy (non-hydrogen) atoms. The quantitative estimate of drug-likeness (QED) is 0.747. The number of anilines is 1. The molecule has 0 saturated heterocycles. The molecule has 0 atom stereocenters. The third kappa shape index (κ3) is 5.19. The fraction of sp³-hybridized carbons (Fsp3) is 0.429. The van der Waals surface area contributed by atoms with E-state index in [9.17, 15) is 9.59 Å². The second-order valence-corrected chi connectivity index (χ2v) is 5.56. The molecule has 0 aliphatic heterocycles. The topological polar surface area (TPSA) is 70.2 Å². The first-order valence-electron chi connectivity index (χ1n) is 6.33. The van der Waals surface area contributed by atoms with E-state index in [2.05, 4.69) is 16.0 Å².